The van der Waals surface area contributed by atoms with E-state index in [4.69, 9.17) is 9.47 Å². The van der Waals surface area contributed by atoms with Crippen LogP contribution in [0.25, 0.3) is 0 Å². The van der Waals surface area contributed by atoms with Crippen LogP contribution in [0.4, 0.5) is 0 Å². The predicted molar refractivity (Wildman–Crippen MR) is 66.2 cm³/mol. The standard InChI is InChI=1S/C13H21NO3/c1-5-9-14-12(15)13(2)10(16-3)7-6-8-11(13)17-4/h7-8H,5-6,9H2,1-4H3,(H,14,15). The number of nitrogens with one attached hydrogen (secondary N) is 1. The Hall–Kier alpha value is -1.45. The van der Waals surface area contributed by atoms with Gasteiger partial charge in [0.2, 0.25) is 5.91 Å². The molecule has 1 N–H and O–H groups in total. The molecule has 0 aromatic carbocycles. The number of ether oxygens (including phenoxy) is 2. The third kappa shape index (κ3) is 2.46. The van der Waals surface area contributed by atoms with Crippen molar-refractivity contribution in [2.45, 2.75) is 26.7 Å². The summed E-state index contributed by atoms with van der Waals surface area (Å²) in [6, 6.07) is 0. The van der Waals surface area contributed by atoms with Crippen molar-refractivity contribution in [3.05, 3.63) is 23.7 Å². The Bertz CT molecular complexity index is 325. The zero-order valence-corrected chi connectivity index (χ0v) is 11.0. The third-order valence-electron chi connectivity index (χ3n) is 3.02. The molecule has 0 aliphatic heterocycles. The van der Waals surface area contributed by atoms with Gasteiger partial charge in [-0.1, -0.05) is 6.92 Å². The van der Waals surface area contributed by atoms with Crippen LogP contribution in [0.15, 0.2) is 23.7 Å². The van der Waals surface area contributed by atoms with Gasteiger partial charge < -0.3 is 14.8 Å². The molecule has 1 aliphatic rings. The van der Waals surface area contributed by atoms with Gasteiger partial charge in [-0.2, -0.15) is 0 Å². The van der Waals surface area contributed by atoms with Crippen molar-refractivity contribution in [3.63, 3.8) is 0 Å². The van der Waals surface area contributed by atoms with Gasteiger partial charge in [-0.3, -0.25) is 4.79 Å². The molecule has 0 spiro atoms. The van der Waals surface area contributed by atoms with Crippen LogP contribution in [-0.4, -0.2) is 26.7 Å². The number of carbonyl (C=O) groups excluding carboxylic acids is 1. The van der Waals surface area contributed by atoms with E-state index in [1.165, 1.54) is 0 Å². The third-order valence-corrected chi connectivity index (χ3v) is 3.02. The van der Waals surface area contributed by atoms with E-state index >= 15 is 0 Å². The van der Waals surface area contributed by atoms with Gasteiger partial charge >= 0.3 is 0 Å². The maximum absolute atomic E-state index is 12.3. The molecule has 4 heteroatoms. The zero-order valence-electron chi connectivity index (χ0n) is 11.0. The van der Waals surface area contributed by atoms with Crippen molar-refractivity contribution in [2.75, 3.05) is 20.8 Å². The van der Waals surface area contributed by atoms with Crippen LogP contribution < -0.4 is 5.32 Å². The lowest BCUT2D eigenvalue weighted by Crippen LogP contribution is -2.43. The molecule has 0 atom stereocenters. The average molecular weight is 239 g/mol. The summed E-state index contributed by atoms with van der Waals surface area (Å²) in [4.78, 5) is 12.3. The minimum absolute atomic E-state index is 0.0831. The van der Waals surface area contributed by atoms with Crippen LogP contribution in [0.1, 0.15) is 26.7 Å². The van der Waals surface area contributed by atoms with E-state index in [0.29, 0.717) is 18.1 Å². The first-order chi connectivity index (χ1) is 8.11. The summed E-state index contributed by atoms with van der Waals surface area (Å²) >= 11 is 0. The number of allylic oxidation sites excluding steroid dienone is 2. The number of rotatable bonds is 5. The normalized spacial score (nSPS) is 17.9. The fourth-order valence-electron chi connectivity index (χ4n) is 2.02. The molecule has 0 aromatic heterocycles. The van der Waals surface area contributed by atoms with Crippen LogP contribution in [-0.2, 0) is 14.3 Å². The molecule has 0 saturated carbocycles. The summed E-state index contributed by atoms with van der Waals surface area (Å²) in [6.07, 6.45) is 5.45. The van der Waals surface area contributed by atoms with Crippen LogP contribution in [0, 0.1) is 5.41 Å². The van der Waals surface area contributed by atoms with Crippen LogP contribution in [0.3, 0.4) is 0 Å². The van der Waals surface area contributed by atoms with Gasteiger partial charge in [0.25, 0.3) is 0 Å². The number of carbonyl (C=O) groups is 1. The smallest absolute Gasteiger partial charge is 0.241 e. The minimum Gasteiger partial charge on any atom is -0.500 e. The number of hydrogen-bond donors (Lipinski definition) is 1. The fourth-order valence-corrected chi connectivity index (χ4v) is 2.02. The molecule has 0 saturated heterocycles. The first kappa shape index (κ1) is 13.6. The van der Waals surface area contributed by atoms with E-state index < -0.39 is 5.41 Å². The molecule has 0 unspecified atom stereocenters. The molecule has 96 valence electrons. The highest BCUT2D eigenvalue weighted by atomic mass is 16.5. The SMILES string of the molecule is CCCNC(=O)C1(C)C(OC)=CCC=C1OC. The van der Waals surface area contributed by atoms with Crippen LogP contribution in [0.2, 0.25) is 0 Å². The quantitative estimate of drug-likeness (QED) is 0.798. The van der Waals surface area contributed by atoms with Gasteiger partial charge in [0.15, 0.2) is 5.41 Å². The summed E-state index contributed by atoms with van der Waals surface area (Å²) < 4.78 is 10.6. The molecule has 0 heterocycles. The largest absolute Gasteiger partial charge is 0.500 e. The first-order valence-corrected chi connectivity index (χ1v) is 5.88. The van der Waals surface area contributed by atoms with E-state index in [1.54, 1.807) is 14.2 Å². The number of hydrogen-bond acceptors (Lipinski definition) is 3. The van der Waals surface area contributed by atoms with Gasteiger partial charge in [-0.05, 0) is 31.9 Å². The summed E-state index contributed by atoms with van der Waals surface area (Å²) in [6.45, 7) is 4.49. The Morgan fingerprint density at radius 1 is 1.35 bits per heavy atom. The van der Waals surface area contributed by atoms with Crippen LogP contribution >= 0.6 is 0 Å². The van der Waals surface area contributed by atoms with Crippen molar-refractivity contribution in [1.29, 1.82) is 0 Å². The molecule has 1 amide bonds. The van der Waals surface area contributed by atoms with Crippen molar-refractivity contribution in [2.24, 2.45) is 5.41 Å². The molecule has 17 heavy (non-hydrogen) atoms. The lowest BCUT2D eigenvalue weighted by Gasteiger charge is -2.33. The average Bonchev–Trinajstić information content (AvgIpc) is 2.35. The van der Waals surface area contributed by atoms with E-state index in [9.17, 15) is 4.79 Å². The summed E-state index contributed by atoms with van der Waals surface area (Å²) in [5.41, 5.74) is -0.850. The second kappa shape index (κ2) is 5.75. The lowest BCUT2D eigenvalue weighted by atomic mass is 9.81. The van der Waals surface area contributed by atoms with Crippen molar-refractivity contribution in [3.8, 4) is 0 Å². The van der Waals surface area contributed by atoms with Crippen LogP contribution in [0.5, 0.6) is 0 Å². The Labute approximate surface area is 103 Å². The fraction of sp³-hybridized carbons (Fsp3) is 0.615. The van der Waals surface area contributed by atoms with Crippen molar-refractivity contribution < 1.29 is 14.3 Å². The second-order valence-corrected chi connectivity index (χ2v) is 4.16. The van der Waals surface area contributed by atoms with Gasteiger partial charge in [-0.15, -0.1) is 0 Å². The van der Waals surface area contributed by atoms with E-state index in [2.05, 4.69) is 5.32 Å². The van der Waals surface area contributed by atoms with E-state index in [-0.39, 0.29) is 5.91 Å². The second-order valence-electron chi connectivity index (χ2n) is 4.16. The van der Waals surface area contributed by atoms with Crippen molar-refractivity contribution in [1.82, 2.24) is 5.32 Å². The molecular formula is C13H21NO3. The minimum atomic E-state index is -0.850. The zero-order chi connectivity index (χ0) is 12.9. The molecule has 0 fully saturated rings. The van der Waals surface area contributed by atoms with Gasteiger partial charge in [0, 0.05) is 6.54 Å². The predicted octanol–water partition coefficient (Wildman–Crippen LogP) is 1.98. The van der Waals surface area contributed by atoms with Gasteiger partial charge in [0.1, 0.15) is 11.5 Å². The molecule has 4 nitrogen and oxygen atoms in total. The number of methoxy groups -OCH3 is 2. The Morgan fingerprint density at radius 3 is 2.29 bits per heavy atom. The molecular weight excluding hydrogens is 218 g/mol. The van der Waals surface area contributed by atoms with Gasteiger partial charge in [-0.25, -0.2) is 0 Å². The monoisotopic (exact) mass is 239 g/mol. The topological polar surface area (TPSA) is 47.6 Å². The molecule has 0 bridgehead atoms. The summed E-state index contributed by atoms with van der Waals surface area (Å²) in [5.74, 6) is 1.20. The summed E-state index contributed by atoms with van der Waals surface area (Å²) in [5, 5.41) is 2.89. The first-order valence-electron chi connectivity index (χ1n) is 5.88. The van der Waals surface area contributed by atoms with Gasteiger partial charge in [0.05, 0.1) is 14.2 Å². The van der Waals surface area contributed by atoms with E-state index in [0.717, 1.165) is 12.8 Å². The van der Waals surface area contributed by atoms with Crippen molar-refractivity contribution >= 4 is 5.91 Å². The molecule has 0 radical (unpaired) electrons. The van der Waals surface area contributed by atoms with E-state index in [1.807, 2.05) is 26.0 Å². The molecule has 1 aliphatic carbocycles. The Kier molecular flexibility index (Phi) is 4.61. The number of amides is 1. The highest BCUT2D eigenvalue weighted by Gasteiger charge is 2.44. The highest BCUT2D eigenvalue weighted by molar-refractivity contribution is 5.88. The lowest BCUT2D eigenvalue weighted by molar-refractivity contribution is -0.129. The highest BCUT2D eigenvalue weighted by Crippen LogP contribution is 2.39. The maximum atomic E-state index is 12.3. The Morgan fingerprint density at radius 2 is 1.88 bits per heavy atom. The molecule has 0 aromatic rings. The summed E-state index contributed by atoms with van der Waals surface area (Å²) in [7, 11) is 3.16. The molecule has 1 rings (SSSR count). The maximum Gasteiger partial charge on any atom is 0.241 e. The Balaban J connectivity index is 2.99.